The van der Waals surface area contributed by atoms with Crippen LogP contribution in [0.2, 0.25) is 0 Å². The van der Waals surface area contributed by atoms with Crippen LogP contribution in [0.25, 0.3) is 16.7 Å². The van der Waals surface area contributed by atoms with Crippen molar-refractivity contribution < 1.29 is 22.8 Å². The molecule has 3 aromatic carbocycles. The fourth-order valence-electron chi connectivity index (χ4n) is 3.18. The number of nitrogens with two attached hydrogens (primary N) is 2. The van der Waals surface area contributed by atoms with Crippen LogP contribution in [0, 0.1) is 0 Å². The van der Waals surface area contributed by atoms with E-state index in [1.54, 1.807) is 48.5 Å². The summed E-state index contributed by atoms with van der Waals surface area (Å²) in [5.74, 6) is -2.15. The Balaban J connectivity index is 1.89. The number of carbonyl (C=O) groups excluding carboxylic acids is 1. The van der Waals surface area contributed by atoms with Crippen molar-refractivity contribution in [3.8, 4) is 11.1 Å². The maximum atomic E-state index is 14.9. The lowest BCUT2D eigenvalue weighted by molar-refractivity contribution is -0.114. The van der Waals surface area contributed by atoms with Gasteiger partial charge in [-0.1, -0.05) is 47.6 Å². The Morgan fingerprint density at radius 2 is 1.74 bits per heavy atom. The predicted molar refractivity (Wildman–Crippen MR) is 132 cm³/mol. The Morgan fingerprint density at radius 1 is 1.06 bits per heavy atom. The highest BCUT2D eigenvalue weighted by Gasteiger charge is 2.18. The van der Waals surface area contributed by atoms with Crippen LogP contribution >= 0.6 is 15.9 Å². The molecule has 176 valence electrons. The molecule has 0 saturated carbocycles. The summed E-state index contributed by atoms with van der Waals surface area (Å²) in [5, 5.41) is 19.5. The largest absolute Gasteiger partial charge is 0.409 e. The summed E-state index contributed by atoms with van der Waals surface area (Å²) in [4.78, 5) is 12.5. The summed E-state index contributed by atoms with van der Waals surface area (Å²) in [6.07, 6.45) is 0. The smallest absolute Gasteiger partial charge is 0.284 e. The van der Waals surface area contributed by atoms with E-state index in [0.29, 0.717) is 26.7 Å². The Hall–Kier alpha value is -3.54. The zero-order chi connectivity index (χ0) is 25.0. The first-order chi connectivity index (χ1) is 16.0. The normalized spacial score (nSPS) is 12.8. The van der Waals surface area contributed by atoms with Crippen LogP contribution in [0.1, 0.15) is 18.1 Å². The Kier molecular flexibility index (Phi) is 7.50. The molecule has 8 nitrogen and oxygen atoms in total. The molecule has 0 unspecified atom stereocenters. The second kappa shape index (κ2) is 10.2. The van der Waals surface area contributed by atoms with Crippen molar-refractivity contribution in [3.63, 3.8) is 0 Å². The second-order valence-electron chi connectivity index (χ2n) is 7.19. The molecule has 0 atom stereocenters. The number of primary sulfonamides is 1. The highest BCUT2D eigenvalue weighted by Crippen LogP contribution is 2.33. The van der Waals surface area contributed by atoms with Crippen LogP contribution in [0.5, 0.6) is 0 Å². The molecule has 0 aliphatic rings. The minimum absolute atomic E-state index is 0.0441. The molecule has 3 aromatic rings. The summed E-state index contributed by atoms with van der Waals surface area (Å²) < 4.78 is 39.1. The number of halogens is 2. The van der Waals surface area contributed by atoms with Crippen molar-refractivity contribution in [3.05, 3.63) is 88.2 Å². The highest BCUT2D eigenvalue weighted by atomic mass is 79.9. The molecule has 3 rings (SSSR count). The molecule has 11 heteroatoms. The summed E-state index contributed by atoms with van der Waals surface area (Å²) >= 11 is 3.33. The first kappa shape index (κ1) is 25.1. The molecule has 0 saturated heterocycles. The van der Waals surface area contributed by atoms with Crippen LogP contribution in [0.15, 0.2) is 87.1 Å². The third-order valence-electron chi connectivity index (χ3n) is 4.95. The van der Waals surface area contributed by atoms with Gasteiger partial charge in [0.2, 0.25) is 10.0 Å². The molecular formula is C23H20BrFN4O4S. The SMILES string of the molecule is CC(=C(F)C(=O)Nc1ccc(-c2ccccc2S(N)(=O)=O)cc1Br)c1cccc(C(N)=NO)c1. The number of hydrogen-bond acceptors (Lipinski definition) is 5. The van der Waals surface area contributed by atoms with Gasteiger partial charge in [-0.2, -0.15) is 0 Å². The third-order valence-corrected chi connectivity index (χ3v) is 6.57. The molecule has 0 aromatic heterocycles. The molecule has 0 bridgehead atoms. The number of oxime groups is 1. The van der Waals surface area contributed by atoms with E-state index >= 15 is 0 Å². The first-order valence-corrected chi connectivity index (χ1v) is 12.0. The molecule has 0 aliphatic heterocycles. The van der Waals surface area contributed by atoms with E-state index in [1.165, 1.54) is 25.1 Å². The number of amidine groups is 1. The van der Waals surface area contributed by atoms with Gasteiger partial charge in [-0.15, -0.1) is 0 Å². The molecule has 0 heterocycles. The highest BCUT2D eigenvalue weighted by molar-refractivity contribution is 9.10. The summed E-state index contributed by atoms with van der Waals surface area (Å²) in [6.45, 7) is 1.43. The van der Waals surface area contributed by atoms with Gasteiger partial charge in [-0.05, 0) is 63.8 Å². The van der Waals surface area contributed by atoms with Crippen molar-refractivity contribution >= 4 is 49.0 Å². The maximum absolute atomic E-state index is 14.9. The van der Waals surface area contributed by atoms with Gasteiger partial charge in [-0.25, -0.2) is 17.9 Å². The van der Waals surface area contributed by atoms with Crippen LogP contribution in [-0.4, -0.2) is 25.4 Å². The van der Waals surface area contributed by atoms with E-state index in [0.717, 1.165) is 0 Å². The number of allylic oxidation sites excluding steroid dienone is 1. The Labute approximate surface area is 204 Å². The van der Waals surface area contributed by atoms with Gasteiger partial charge in [0, 0.05) is 15.6 Å². The molecule has 6 N–H and O–H groups in total. The van der Waals surface area contributed by atoms with Gasteiger partial charge in [0.25, 0.3) is 5.91 Å². The average molecular weight is 547 g/mol. The van der Waals surface area contributed by atoms with Crippen molar-refractivity contribution in [1.82, 2.24) is 0 Å². The fourth-order valence-corrected chi connectivity index (χ4v) is 4.42. The second-order valence-corrected chi connectivity index (χ2v) is 9.58. The molecule has 1 amide bonds. The number of nitrogens with one attached hydrogen (secondary N) is 1. The molecule has 0 spiro atoms. The number of benzene rings is 3. The zero-order valence-corrected chi connectivity index (χ0v) is 20.2. The quantitative estimate of drug-likeness (QED) is 0.120. The number of sulfonamides is 1. The van der Waals surface area contributed by atoms with Crippen molar-refractivity contribution in [1.29, 1.82) is 0 Å². The molecule has 0 aliphatic carbocycles. The van der Waals surface area contributed by atoms with Crippen molar-refractivity contribution in [2.45, 2.75) is 11.8 Å². The lowest BCUT2D eigenvalue weighted by Crippen LogP contribution is -2.15. The number of hydrogen-bond donors (Lipinski definition) is 4. The van der Waals surface area contributed by atoms with Gasteiger partial charge >= 0.3 is 0 Å². The average Bonchev–Trinajstić information content (AvgIpc) is 2.83. The van der Waals surface area contributed by atoms with Gasteiger partial charge in [0.05, 0.1) is 10.6 Å². The zero-order valence-electron chi connectivity index (χ0n) is 17.8. The topological polar surface area (TPSA) is 148 Å². The number of nitrogens with zero attached hydrogens (tertiary/aromatic N) is 1. The van der Waals surface area contributed by atoms with E-state index in [9.17, 15) is 17.6 Å². The Morgan fingerprint density at radius 3 is 2.38 bits per heavy atom. The minimum Gasteiger partial charge on any atom is -0.409 e. The van der Waals surface area contributed by atoms with Crippen LogP contribution in [0.3, 0.4) is 0 Å². The van der Waals surface area contributed by atoms with E-state index in [-0.39, 0.29) is 22.0 Å². The van der Waals surface area contributed by atoms with Crippen molar-refractivity contribution in [2.75, 3.05) is 5.32 Å². The standard InChI is InChI=1S/C23H20BrFN4O4S/c1-13(14-5-4-6-16(11-14)22(26)29-31)21(25)23(30)28-19-10-9-15(12-18(19)24)17-7-2-3-8-20(17)34(27,32)33/h2-12,31H,1H3,(H2,26,29)(H,28,30)(H2,27,32,33). The van der Waals surface area contributed by atoms with E-state index < -0.39 is 21.8 Å². The lowest BCUT2D eigenvalue weighted by Gasteiger charge is -2.12. The van der Waals surface area contributed by atoms with Crippen LogP contribution < -0.4 is 16.2 Å². The minimum atomic E-state index is -3.95. The number of rotatable bonds is 6. The van der Waals surface area contributed by atoms with E-state index in [1.807, 2.05) is 0 Å². The summed E-state index contributed by atoms with van der Waals surface area (Å²) in [5.41, 5.74) is 7.56. The molecular weight excluding hydrogens is 527 g/mol. The first-order valence-electron chi connectivity index (χ1n) is 9.70. The van der Waals surface area contributed by atoms with Crippen LogP contribution in [-0.2, 0) is 14.8 Å². The molecule has 34 heavy (non-hydrogen) atoms. The van der Waals surface area contributed by atoms with Crippen LogP contribution in [0.4, 0.5) is 10.1 Å². The maximum Gasteiger partial charge on any atom is 0.284 e. The van der Waals surface area contributed by atoms with Crippen molar-refractivity contribution in [2.24, 2.45) is 16.0 Å². The van der Waals surface area contributed by atoms with E-state index in [2.05, 4.69) is 26.4 Å². The van der Waals surface area contributed by atoms with Gasteiger partial charge in [0.15, 0.2) is 11.7 Å². The molecule has 0 radical (unpaired) electrons. The number of anilines is 1. The van der Waals surface area contributed by atoms with Gasteiger partial charge in [-0.3, -0.25) is 4.79 Å². The Bertz CT molecular complexity index is 1440. The van der Waals surface area contributed by atoms with Gasteiger partial charge in [0.1, 0.15) is 0 Å². The summed E-state index contributed by atoms with van der Waals surface area (Å²) in [6, 6.07) is 17.2. The van der Waals surface area contributed by atoms with Gasteiger partial charge < -0.3 is 16.3 Å². The fraction of sp³-hybridized carbons (Fsp3) is 0.0435. The monoisotopic (exact) mass is 546 g/mol. The molecule has 0 fully saturated rings. The summed E-state index contributed by atoms with van der Waals surface area (Å²) in [7, 11) is -3.95. The number of carbonyl (C=O) groups is 1. The van der Waals surface area contributed by atoms with E-state index in [4.69, 9.17) is 16.1 Å². The number of amides is 1. The third kappa shape index (κ3) is 5.50. The predicted octanol–water partition coefficient (Wildman–Crippen LogP) is 4.20. The lowest BCUT2D eigenvalue weighted by atomic mass is 10.0.